The highest BCUT2D eigenvalue weighted by Gasteiger charge is 2.41. The van der Waals surface area contributed by atoms with Crippen LogP contribution in [0.2, 0.25) is 13.1 Å². The van der Waals surface area contributed by atoms with Crippen LogP contribution in [0.1, 0.15) is 44.4 Å². The Kier molecular flexibility index (Phi) is 8.28. The summed E-state index contributed by atoms with van der Waals surface area (Å²) in [4.78, 5) is 25.1. The minimum atomic E-state index is -2.25. The number of hydrogen-bond donors (Lipinski definition) is 3. The van der Waals surface area contributed by atoms with Gasteiger partial charge in [-0.3, -0.25) is 19.7 Å². The number of carbonyl (C=O) groups is 1. The molecule has 0 saturated heterocycles. The number of pyridine rings is 2. The van der Waals surface area contributed by atoms with Crippen LogP contribution in [-0.4, -0.2) is 52.2 Å². The highest BCUT2D eigenvalue weighted by Crippen LogP contribution is 2.38. The summed E-state index contributed by atoms with van der Waals surface area (Å²) < 4.78 is 0. The van der Waals surface area contributed by atoms with E-state index in [9.17, 15) is 15.0 Å². The summed E-state index contributed by atoms with van der Waals surface area (Å²) in [6, 6.07) is 30.7. The van der Waals surface area contributed by atoms with Gasteiger partial charge in [-0.05, 0) is 81.7 Å². The molecular weight excluding hydrogens is 565 g/mol. The number of carbonyl (C=O) groups excluding carboxylic acids is 1. The topological polar surface area (TPSA) is 98.6 Å². The Balaban J connectivity index is 1.27. The summed E-state index contributed by atoms with van der Waals surface area (Å²) in [5, 5.41) is 26.3. The largest absolute Gasteiger partial charge is 0.508 e. The molecule has 0 radical (unpaired) electrons. The Morgan fingerprint density at radius 1 is 0.750 bits per heavy atom. The molecule has 3 heterocycles. The summed E-state index contributed by atoms with van der Waals surface area (Å²) in [7, 11) is -2.25. The molecule has 8 heteroatoms. The number of aromatic nitrogens is 2. The molecule has 5 aromatic rings. The molecule has 222 valence electrons. The first-order chi connectivity index (χ1) is 21.3. The minimum absolute atomic E-state index is 0.140. The van der Waals surface area contributed by atoms with Crippen molar-refractivity contribution in [1.82, 2.24) is 20.2 Å². The number of amides is 1. The van der Waals surface area contributed by atoms with Crippen molar-refractivity contribution >= 4 is 24.4 Å². The maximum atomic E-state index is 13.8. The average molecular weight is 601 g/mol. The number of aromatic hydroxyl groups is 2. The standard InChI is InChI=1S/C36H36N4O3Si/c1-44(2)33-21-27(41)13-15-31(33)35(32-16-14-28(42)22-34(32)44)29-11-3-4-12-30(29)36(43)39-19-20-40(23-25-9-5-7-17-37-25)24-26-10-6-8-18-38-26/h3-18,21-22,35,41-42H,19-20,23-24H2,1-2H3,(H,39,43). The second-order valence-corrected chi connectivity index (χ2v) is 16.1. The Morgan fingerprint density at radius 3 is 1.84 bits per heavy atom. The second kappa shape index (κ2) is 12.4. The van der Waals surface area contributed by atoms with Crippen LogP contribution in [0.3, 0.4) is 0 Å². The summed E-state index contributed by atoms with van der Waals surface area (Å²) in [5.74, 6) is 0.0878. The molecule has 0 unspecified atom stereocenters. The molecule has 0 fully saturated rings. The van der Waals surface area contributed by atoms with E-state index in [2.05, 4.69) is 33.3 Å². The predicted octanol–water partition coefficient (Wildman–Crippen LogP) is 4.64. The van der Waals surface area contributed by atoms with Crippen molar-refractivity contribution in [3.05, 3.63) is 143 Å². The lowest BCUT2D eigenvalue weighted by Gasteiger charge is -2.39. The molecule has 1 aliphatic heterocycles. The Labute approximate surface area is 258 Å². The summed E-state index contributed by atoms with van der Waals surface area (Å²) >= 11 is 0. The molecule has 1 aliphatic rings. The quantitative estimate of drug-likeness (QED) is 0.213. The van der Waals surface area contributed by atoms with Crippen molar-refractivity contribution in [1.29, 1.82) is 0 Å². The smallest absolute Gasteiger partial charge is 0.251 e. The maximum absolute atomic E-state index is 13.8. The van der Waals surface area contributed by atoms with Crippen LogP contribution in [0.5, 0.6) is 11.5 Å². The third-order valence-electron chi connectivity index (χ3n) is 8.50. The fourth-order valence-electron chi connectivity index (χ4n) is 6.36. The molecule has 0 aliphatic carbocycles. The van der Waals surface area contributed by atoms with Crippen LogP contribution in [-0.2, 0) is 13.1 Å². The zero-order chi connectivity index (χ0) is 30.7. The number of hydrogen-bond acceptors (Lipinski definition) is 6. The number of phenols is 2. The highest BCUT2D eigenvalue weighted by atomic mass is 28.3. The molecule has 44 heavy (non-hydrogen) atoms. The molecule has 2 aromatic heterocycles. The van der Waals surface area contributed by atoms with E-state index in [4.69, 9.17) is 0 Å². The number of benzene rings is 3. The number of nitrogens with one attached hydrogen (secondary N) is 1. The fourth-order valence-corrected chi connectivity index (χ4v) is 9.56. The van der Waals surface area contributed by atoms with Gasteiger partial charge in [0.05, 0.1) is 11.4 Å². The third-order valence-corrected chi connectivity index (χ3v) is 12.1. The van der Waals surface area contributed by atoms with E-state index >= 15 is 0 Å². The van der Waals surface area contributed by atoms with Crippen molar-refractivity contribution in [2.45, 2.75) is 32.1 Å². The zero-order valence-electron chi connectivity index (χ0n) is 24.9. The molecule has 0 saturated carbocycles. The fraction of sp³-hybridized carbons (Fsp3) is 0.194. The minimum Gasteiger partial charge on any atom is -0.508 e. The Hall–Kier alpha value is -4.79. The lowest BCUT2D eigenvalue weighted by Crippen LogP contribution is -2.59. The first-order valence-electron chi connectivity index (χ1n) is 14.9. The molecular formula is C36H36N4O3Si. The van der Waals surface area contributed by atoms with Gasteiger partial charge in [0.25, 0.3) is 5.91 Å². The normalized spacial score (nSPS) is 13.7. The van der Waals surface area contributed by atoms with Crippen molar-refractivity contribution in [2.75, 3.05) is 13.1 Å². The van der Waals surface area contributed by atoms with E-state index in [1.54, 1.807) is 24.5 Å². The van der Waals surface area contributed by atoms with Gasteiger partial charge in [-0.2, -0.15) is 0 Å². The van der Waals surface area contributed by atoms with Gasteiger partial charge in [0, 0.05) is 50.1 Å². The van der Waals surface area contributed by atoms with Crippen LogP contribution in [0, 0.1) is 0 Å². The zero-order valence-corrected chi connectivity index (χ0v) is 25.9. The van der Waals surface area contributed by atoms with Crippen molar-refractivity contribution in [2.24, 2.45) is 0 Å². The number of nitrogens with zero attached hydrogens (tertiary/aromatic N) is 3. The van der Waals surface area contributed by atoms with E-state index in [0.717, 1.165) is 38.5 Å². The van der Waals surface area contributed by atoms with Crippen LogP contribution in [0.4, 0.5) is 0 Å². The number of phenolic OH excluding ortho intramolecular Hbond substituents is 2. The first-order valence-corrected chi connectivity index (χ1v) is 17.9. The maximum Gasteiger partial charge on any atom is 0.251 e. The SMILES string of the molecule is C[Si]1(C)c2cc(O)ccc2C(c2ccccc2C(=O)NCCN(Cc2ccccn2)Cc2ccccn2)c2ccc(O)cc21. The van der Waals surface area contributed by atoms with Gasteiger partial charge in [0.2, 0.25) is 0 Å². The molecule has 0 atom stereocenters. The van der Waals surface area contributed by atoms with Crippen molar-refractivity contribution < 1.29 is 15.0 Å². The lowest BCUT2D eigenvalue weighted by molar-refractivity contribution is 0.0946. The van der Waals surface area contributed by atoms with E-state index < -0.39 is 8.07 Å². The number of rotatable bonds is 9. The van der Waals surface area contributed by atoms with E-state index in [1.165, 1.54) is 0 Å². The van der Waals surface area contributed by atoms with Crippen molar-refractivity contribution in [3.63, 3.8) is 0 Å². The first kappa shape index (κ1) is 29.3. The summed E-state index contributed by atoms with van der Waals surface area (Å²) in [5.41, 5.74) is 5.60. The van der Waals surface area contributed by atoms with Gasteiger partial charge in [-0.25, -0.2) is 0 Å². The highest BCUT2D eigenvalue weighted by molar-refractivity contribution is 7.01. The summed E-state index contributed by atoms with van der Waals surface area (Å²) in [6.07, 6.45) is 3.59. The van der Waals surface area contributed by atoms with Gasteiger partial charge in [-0.15, -0.1) is 0 Å². The van der Waals surface area contributed by atoms with Gasteiger partial charge < -0.3 is 15.5 Å². The Bertz CT molecular complexity index is 1680. The molecule has 3 aromatic carbocycles. The molecule has 1 amide bonds. The van der Waals surface area contributed by atoms with Gasteiger partial charge >= 0.3 is 0 Å². The van der Waals surface area contributed by atoms with Gasteiger partial charge in [-0.1, -0.05) is 55.6 Å². The molecule has 0 spiro atoms. The van der Waals surface area contributed by atoms with Crippen LogP contribution in [0.25, 0.3) is 0 Å². The van der Waals surface area contributed by atoms with E-state index in [-0.39, 0.29) is 23.3 Å². The lowest BCUT2D eigenvalue weighted by atomic mass is 9.82. The second-order valence-electron chi connectivity index (χ2n) is 11.8. The summed E-state index contributed by atoms with van der Waals surface area (Å²) in [6.45, 7) is 6.82. The number of fused-ring (bicyclic) bond motifs is 2. The van der Waals surface area contributed by atoms with Gasteiger partial charge in [0.15, 0.2) is 0 Å². The molecule has 6 rings (SSSR count). The predicted molar refractivity (Wildman–Crippen MR) is 175 cm³/mol. The van der Waals surface area contributed by atoms with Crippen LogP contribution < -0.4 is 15.7 Å². The van der Waals surface area contributed by atoms with Crippen molar-refractivity contribution in [3.8, 4) is 11.5 Å². The van der Waals surface area contributed by atoms with E-state index in [1.807, 2.05) is 84.9 Å². The molecule has 0 bridgehead atoms. The molecule has 7 nitrogen and oxygen atoms in total. The third kappa shape index (κ3) is 5.99. The van der Waals surface area contributed by atoms with E-state index in [0.29, 0.717) is 31.7 Å². The van der Waals surface area contributed by atoms with Crippen LogP contribution >= 0.6 is 0 Å². The molecule has 3 N–H and O–H groups in total. The monoisotopic (exact) mass is 600 g/mol. The van der Waals surface area contributed by atoms with Gasteiger partial charge in [0.1, 0.15) is 19.6 Å². The average Bonchev–Trinajstić information content (AvgIpc) is 3.03. The van der Waals surface area contributed by atoms with Crippen LogP contribution in [0.15, 0.2) is 109 Å². The Morgan fingerprint density at radius 2 is 1.30 bits per heavy atom.